The first kappa shape index (κ1) is 15.2. The molecule has 114 valence electrons. The maximum absolute atomic E-state index is 11.7. The lowest BCUT2D eigenvalue weighted by Gasteiger charge is -2.14. The van der Waals surface area contributed by atoms with E-state index < -0.39 is 5.97 Å². The quantitative estimate of drug-likeness (QED) is 0.918. The summed E-state index contributed by atoms with van der Waals surface area (Å²) in [5, 5.41) is 10.4. The molecular weight excluding hydrogens is 270 g/mol. The van der Waals surface area contributed by atoms with Crippen LogP contribution in [0.3, 0.4) is 0 Å². The van der Waals surface area contributed by atoms with Crippen molar-refractivity contribution in [3.63, 3.8) is 0 Å². The number of hydrogen-bond acceptors (Lipinski definition) is 3. The first-order valence-corrected chi connectivity index (χ1v) is 6.88. The average Bonchev–Trinajstić information content (AvgIpc) is 2.70. The van der Waals surface area contributed by atoms with Crippen molar-refractivity contribution in [1.82, 2.24) is 4.57 Å². The zero-order chi connectivity index (χ0) is 15.7. The predicted molar refractivity (Wildman–Crippen MR) is 81.6 cm³/mol. The molecule has 0 aliphatic carbocycles. The third-order valence-corrected chi connectivity index (χ3v) is 3.55. The van der Waals surface area contributed by atoms with Crippen LogP contribution in [0.1, 0.15) is 29.9 Å². The summed E-state index contributed by atoms with van der Waals surface area (Å²) in [6.45, 7) is 6.56. The van der Waals surface area contributed by atoms with Gasteiger partial charge in [0.2, 0.25) is 0 Å². The number of nitrogens with zero attached hydrogens (tertiary/aromatic N) is 1. The number of ether oxygens (including phenoxy) is 2. The second-order valence-corrected chi connectivity index (χ2v) is 5.51. The molecule has 0 radical (unpaired) electrons. The van der Waals surface area contributed by atoms with E-state index in [2.05, 4.69) is 13.8 Å². The Labute approximate surface area is 124 Å². The molecule has 1 aromatic carbocycles. The Kier molecular flexibility index (Phi) is 4.11. The van der Waals surface area contributed by atoms with E-state index >= 15 is 0 Å². The molecule has 0 saturated carbocycles. The first-order chi connectivity index (χ1) is 9.90. The first-order valence-electron chi connectivity index (χ1n) is 6.88. The minimum Gasteiger partial charge on any atom is -0.497 e. The van der Waals surface area contributed by atoms with Gasteiger partial charge in [-0.2, -0.15) is 0 Å². The number of hydrogen-bond donors (Lipinski definition) is 1. The predicted octanol–water partition coefficient (Wildman–Crippen LogP) is 3.32. The molecule has 0 amide bonds. The minimum absolute atomic E-state index is 0.310. The highest BCUT2D eigenvalue weighted by atomic mass is 16.5. The summed E-state index contributed by atoms with van der Waals surface area (Å²) in [6, 6.07) is 3.64. The number of carbonyl (C=O) groups is 1. The third-order valence-electron chi connectivity index (χ3n) is 3.55. The maximum Gasteiger partial charge on any atom is 0.352 e. The lowest BCUT2D eigenvalue weighted by Crippen LogP contribution is -2.13. The smallest absolute Gasteiger partial charge is 0.352 e. The molecule has 0 fully saturated rings. The van der Waals surface area contributed by atoms with E-state index in [9.17, 15) is 9.90 Å². The molecular formula is C16H21NO4. The Morgan fingerprint density at radius 3 is 2.43 bits per heavy atom. The number of benzene rings is 1. The van der Waals surface area contributed by atoms with Crippen LogP contribution in [0.4, 0.5) is 0 Å². The standard InChI is InChI=1S/C16H21NO4/c1-9(2)8-17-14(16(18)19)10(3)12-6-11(20-4)7-13(21-5)15(12)17/h6-7,9H,8H2,1-5H3,(H,18,19). The number of methoxy groups -OCH3 is 2. The summed E-state index contributed by atoms with van der Waals surface area (Å²) >= 11 is 0. The van der Waals surface area contributed by atoms with Crippen LogP contribution < -0.4 is 9.47 Å². The van der Waals surface area contributed by atoms with Gasteiger partial charge >= 0.3 is 5.97 Å². The fourth-order valence-electron chi connectivity index (χ4n) is 2.69. The molecule has 0 aliphatic rings. The van der Waals surface area contributed by atoms with Gasteiger partial charge in [-0.3, -0.25) is 0 Å². The van der Waals surface area contributed by atoms with Gasteiger partial charge in [0.1, 0.15) is 17.2 Å². The highest BCUT2D eigenvalue weighted by molar-refractivity contribution is 6.00. The molecule has 1 N–H and O–H groups in total. The molecule has 0 bridgehead atoms. The molecule has 1 heterocycles. The van der Waals surface area contributed by atoms with E-state index in [1.165, 1.54) is 0 Å². The lowest BCUT2D eigenvalue weighted by atomic mass is 10.1. The summed E-state index contributed by atoms with van der Waals surface area (Å²) in [5.41, 5.74) is 1.85. The summed E-state index contributed by atoms with van der Waals surface area (Å²) in [7, 11) is 3.16. The molecule has 0 unspecified atom stereocenters. The Morgan fingerprint density at radius 1 is 1.29 bits per heavy atom. The Morgan fingerprint density at radius 2 is 1.95 bits per heavy atom. The van der Waals surface area contributed by atoms with E-state index in [1.54, 1.807) is 20.3 Å². The van der Waals surface area contributed by atoms with Crippen LogP contribution in [0.2, 0.25) is 0 Å². The van der Waals surface area contributed by atoms with Gasteiger partial charge in [0.15, 0.2) is 0 Å². The molecule has 0 saturated heterocycles. The number of carboxylic acid groups (broad SMARTS) is 1. The number of aromatic carboxylic acids is 1. The van der Waals surface area contributed by atoms with Crippen LogP contribution >= 0.6 is 0 Å². The lowest BCUT2D eigenvalue weighted by molar-refractivity contribution is 0.0684. The molecule has 2 aromatic rings. The second-order valence-electron chi connectivity index (χ2n) is 5.51. The van der Waals surface area contributed by atoms with E-state index in [1.807, 2.05) is 17.6 Å². The summed E-state index contributed by atoms with van der Waals surface area (Å²) in [5.74, 6) is 0.678. The topological polar surface area (TPSA) is 60.7 Å². The Hall–Kier alpha value is -2.17. The van der Waals surface area contributed by atoms with E-state index in [-0.39, 0.29) is 0 Å². The summed E-state index contributed by atoms with van der Waals surface area (Å²) in [4.78, 5) is 11.7. The normalized spacial score (nSPS) is 11.1. The van der Waals surface area contributed by atoms with Crippen molar-refractivity contribution < 1.29 is 19.4 Å². The molecule has 0 spiro atoms. The van der Waals surface area contributed by atoms with Crippen molar-refractivity contribution in [2.24, 2.45) is 5.92 Å². The fraction of sp³-hybridized carbons (Fsp3) is 0.438. The van der Waals surface area contributed by atoms with E-state index in [0.29, 0.717) is 29.7 Å². The van der Waals surface area contributed by atoms with Crippen LogP contribution in [0, 0.1) is 12.8 Å². The number of rotatable bonds is 5. The largest absolute Gasteiger partial charge is 0.497 e. The van der Waals surface area contributed by atoms with Crippen molar-refractivity contribution in [3.8, 4) is 11.5 Å². The molecule has 0 aliphatic heterocycles. The fourth-order valence-corrected chi connectivity index (χ4v) is 2.69. The number of fused-ring (bicyclic) bond motifs is 1. The monoisotopic (exact) mass is 291 g/mol. The van der Waals surface area contributed by atoms with Crippen molar-refractivity contribution in [2.45, 2.75) is 27.3 Å². The van der Waals surface area contributed by atoms with Gasteiger partial charge in [-0.15, -0.1) is 0 Å². The van der Waals surface area contributed by atoms with Gasteiger partial charge in [0.05, 0.1) is 19.7 Å². The van der Waals surface area contributed by atoms with Gasteiger partial charge in [0.25, 0.3) is 0 Å². The molecule has 0 atom stereocenters. The van der Waals surface area contributed by atoms with Gasteiger partial charge < -0.3 is 19.1 Å². The van der Waals surface area contributed by atoms with Crippen molar-refractivity contribution in [1.29, 1.82) is 0 Å². The van der Waals surface area contributed by atoms with Crippen LogP contribution in [-0.2, 0) is 6.54 Å². The van der Waals surface area contributed by atoms with Crippen LogP contribution in [0.25, 0.3) is 10.9 Å². The Bertz CT molecular complexity index is 685. The van der Waals surface area contributed by atoms with Gasteiger partial charge in [0, 0.05) is 18.0 Å². The molecule has 5 heteroatoms. The molecule has 1 aromatic heterocycles. The maximum atomic E-state index is 11.7. The molecule has 21 heavy (non-hydrogen) atoms. The van der Waals surface area contributed by atoms with Gasteiger partial charge in [-0.1, -0.05) is 13.8 Å². The molecule has 5 nitrogen and oxygen atoms in total. The zero-order valence-electron chi connectivity index (χ0n) is 13.1. The third kappa shape index (κ3) is 2.55. The minimum atomic E-state index is -0.926. The number of aromatic nitrogens is 1. The Balaban J connectivity index is 2.89. The average molecular weight is 291 g/mol. The van der Waals surface area contributed by atoms with Crippen LogP contribution in [0.15, 0.2) is 12.1 Å². The van der Waals surface area contributed by atoms with E-state index in [4.69, 9.17) is 9.47 Å². The van der Waals surface area contributed by atoms with Crippen molar-refractivity contribution in [3.05, 3.63) is 23.4 Å². The number of carboxylic acids is 1. The highest BCUT2D eigenvalue weighted by Gasteiger charge is 2.23. The van der Waals surface area contributed by atoms with Crippen LogP contribution in [-0.4, -0.2) is 29.9 Å². The van der Waals surface area contributed by atoms with Crippen molar-refractivity contribution in [2.75, 3.05) is 14.2 Å². The number of aryl methyl sites for hydroxylation is 1. The SMILES string of the molecule is COc1cc(OC)c2c(c1)c(C)c(C(=O)O)n2CC(C)C. The van der Waals surface area contributed by atoms with Gasteiger partial charge in [-0.25, -0.2) is 4.79 Å². The van der Waals surface area contributed by atoms with E-state index in [0.717, 1.165) is 16.5 Å². The van der Waals surface area contributed by atoms with Gasteiger partial charge in [-0.05, 0) is 24.5 Å². The molecule has 2 rings (SSSR count). The zero-order valence-corrected chi connectivity index (χ0v) is 13.1. The van der Waals surface area contributed by atoms with Crippen molar-refractivity contribution >= 4 is 16.9 Å². The second kappa shape index (κ2) is 5.68. The van der Waals surface area contributed by atoms with Crippen LogP contribution in [0.5, 0.6) is 11.5 Å². The summed E-state index contributed by atoms with van der Waals surface area (Å²) in [6.07, 6.45) is 0. The highest BCUT2D eigenvalue weighted by Crippen LogP contribution is 2.37. The summed E-state index contributed by atoms with van der Waals surface area (Å²) < 4.78 is 12.5.